The van der Waals surface area contributed by atoms with E-state index < -0.39 is 15.9 Å². The number of anilines is 1. The molecule has 1 aromatic rings. The van der Waals surface area contributed by atoms with Gasteiger partial charge in [0.2, 0.25) is 21.8 Å². The highest BCUT2D eigenvalue weighted by Gasteiger charge is 2.15. The summed E-state index contributed by atoms with van der Waals surface area (Å²) in [6.07, 6.45) is 0.208. The van der Waals surface area contributed by atoms with Crippen LogP contribution in [0, 0.1) is 6.92 Å². The van der Waals surface area contributed by atoms with Crippen LogP contribution >= 0.6 is 11.8 Å². The Kier molecular flexibility index (Phi) is 6.85. The van der Waals surface area contributed by atoms with Gasteiger partial charge in [0.05, 0.1) is 10.6 Å². The van der Waals surface area contributed by atoms with Gasteiger partial charge >= 0.3 is 0 Å². The summed E-state index contributed by atoms with van der Waals surface area (Å²) >= 11 is 1.27. The molecule has 0 radical (unpaired) electrons. The van der Waals surface area contributed by atoms with E-state index in [1.807, 2.05) is 0 Å². The Labute approximate surface area is 134 Å². The third-order valence-electron chi connectivity index (χ3n) is 2.75. The highest BCUT2D eigenvalue weighted by atomic mass is 32.2. The van der Waals surface area contributed by atoms with Crippen molar-refractivity contribution in [2.24, 2.45) is 5.73 Å². The molecule has 0 aliphatic heterocycles. The highest BCUT2D eigenvalue weighted by Crippen LogP contribution is 2.20. The fourth-order valence-electron chi connectivity index (χ4n) is 1.64. The quantitative estimate of drug-likeness (QED) is 0.591. The molecule has 0 saturated heterocycles. The second-order valence-corrected chi connectivity index (χ2v) is 7.47. The number of amides is 2. The van der Waals surface area contributed by atoms with Crippen molar-refractivity contribution in [1.82, 2.24) is 4.72 Å². The summed E-state index contributed by atoms with van der Waals surface area (Å²) in [7, 11) is -2.25. The molecule has 1 aromatic carbocycles. The molecule has 2 amide bonds. The summed E-state index contributed by atoms with van der Waals surface area (Å²) in [5, 5.41) is 2.63. The van der Waals surface area contributed by atoms with E-state index in [-0.39, 0.29) is 23.0 Å². The Morgan fingerprint density at radius 2 is 2.00 bits per heavy atom. The van der Waals surface area contributed by atoms with Crippen molar-refractivity contribution >= 4 is 39.3 Å². The van der Waals surface area contributed by atoms with Gasteiger partial charge in [-0.2, -0.15) is 11.8 Å². The fourth-order valence-corrected chi connectivity index (χ4v) is 3.31. The predicted molar refractivity (Wildman–Crippen MR) is 87.2 cm³/mol. The Bertz CT molecular complexity index is 659. The number of rotatable bonds is 8. The first-order valence-electron chi connectivity index (χ1n) is 6.46. The first kappa shape index (κ1) is 18.5. The minimum absolute atomic E-state index is 0.121. The van der Waals surface area contributed by atoms with E-state index in [0.717, 1.165) is 0 Å². The van der Waals surface area contributed by atoms with Gasteiger partial charge in [0, 0.05) is 17.9 Å². The molecule has 0 heterocycles. The standard InChI is InChI=1S/C13H19N3O4S2/c1-9-3-4-10(7-11(9)22(19,20)15-2)16-13(18)5-6-21-8-12(14)17/h3-4,7,15H,5-6,8H2,1-2H3,(H2,14,17)(H,16,18). The van der Waals surface area contributed by atoms with Crippen LogP contribution < -0.4 is 15.8 Å². The highest BCUT2D eigenvalue weighted by molar-refractivity contribution is 7.99. The number of nitrogens with two attached hydrogens (primary N) is 1. The molecule has 0 atom stereocenters. The molecule has 7 nitrogen and oxygen atoms in total. The third kappa shape index (κ3) is 5.66. The van der Waals surface area contributed by atoms with Gasteiger partial charge < -0.3 is 11.1 Å². The maximum atomic E-state index is 11.9. The van der Waals surface area contributed by atoms with E-state index in [1.54, 1.807) is 19.1 Å². The van der Waals surface area contributed by atoms with Crippen LogP contribution in [0.15, 0.2) is 23.1 Å². The van der Waals surface area contributed by atoms with E-state index in [4.69, 9.17) is 5.73 Å². The number of aryl methyl sites for hydroxylation is 1. The number of hydrogen-bond acceptors (Lipinski definition) is 5. The molecule has 9 heteroatoms. The van der Waals surface area contributed by atoms with Gasteiger partial charge in [0.1, 0.15) is 0 Å². The van der Waals surface area contributed by atoms with Gasteiger partial charge in [0.25, 0.3) is 0 Å². The molecule has 0 unspecified atom stereocenters. The lowest BCUT2D eigenvalue weighted by Crippen LogP contribution is -2.20. The third-order valence-corrected chi connectivity index (χ3v) is 5.29. The van der Waals surface area contributed by atoms with Crippen molar-refractivity contribution < 1.29 is 18.0 Å². The predicted octanol–water partition coefficient (Wildman–Crippen LogP) is 0.450. The van der Waals surface area contributed by atoms with Crippen LogP contribution in [0.5, 0.6) is 0 Å². The largest absolute Gasteiger partial charge is 0.369 e. The minimum Gasteiger partial charge on any atom is -0.369 e. The topological polar surface area (TPSA) is 118 Å². The smallest absolute Gasteiger partial charge is 0.240 e. The number of carbonyl (C=O) groups is 2. The molecule has 0 saturated carbocycles. The Morgan fingerprint density at radius 1 is 1.32 bits per heavy atom. The zero-order valence-corrected chi connectivity index (χ0v) is 14.0. The Morgan fingerprint density at radius 3 is 2.59 bits per heavy atom. The number of hydrogen-bond donors (Lipinski definition) is 3. The number of carbonyl (C=O) groups excluding carboxylic acids is 2. The summed E-state index contributed by atoms with van der Waals surface area (Å²) in [5.74, 6) is -0.0514. The summed E-state index contributed by atoms with van der Waals surface area (Å²) in [4.78, 5) is 22.5. The minimum atomic E-state index is -3.57. The van der Waals surface area contributed by atoms with Gasteiger partial charge in [-0.05, 0) is 31.7 Å². The first-order valence-corrected chi connectivity index (χ1v) is 9.10. The molecule has 4 N–H and O–H groups in total. The van der Waals surface area contributed by atoms with E-state index >= 15 is 0 Å². The van der Waals surface area contributed by atoms with E-state index in [1.165, 1.54) is 24.9 Å². The van der Waals surface area contributed by atoms with Crippen molar-refractivity contribution in [3.63, 3.8) is 0 Å². The first-order chi connectivity index (χ1) is 10.3. The van der Waals surface area contributed by atoms with Crippen LogP contribution in [0.1, 0.15) is 12.0 Å². The average Bonchev–Trinajstić information content (AvgIpc) is 2.45. The summed E-state index contributed by atoms with van der Waals surface area (Å²) in [6.45, 7) is 1.68. The number of thioether (sulfide) groups is 1. The Balaban J connectivity index is 2.69. The molecule has 0 aromatic heterocycles. The van der Waals surface area contributed by atoms with Crippen LogP contribution in [0.2, 0.25) is 0 Å². The lowest BCUT2D eigenvalue weighted by molar-refractivity contribution is -0.116. The second kappa shape index (κ2) is 8.16. The van der Waals surface area contributed by atoms with Crippen molar-refractivity contribution in [1.29, 1.82) is 0 Å². The molecule has 0 bridgehead atoms. The molecule has 1 rings (SSSR count). The summed E-state index contributed by atoms with van der Waals surface area (Å²) in [5.41, 5.74) is 5.99. The second-order valence-electron chi connectivity index (χ2n) is 4.50. The van der Waals surface area contributed by atoms with Crippen molar-refractivity contribution in [2.45, 2.75) is 18.2 Å². The monoisotopic (exact) mass is 345 g/mol. The molecule has 0 aliphatic carbocycles. The average molecular weight is 345 g/mol. The molecule has 0 spiro atoms. The molecule has 0 fully saturated rings. The van der Waals surface area contributed by atoms with Crippen LogP contribution in [0.4, 0.5) is 5.69 Å². The lowest BCUT2D eigenvalue weighted by Gasteiger charge is -2.10. The molecular weight excluding hydrogens is 326 g/mol. The Hall–Kier alpha value is -1.58. The van der Waals surface area contributed by atoms with Gasteiger partial charge in [-0.3, -0.25) is 9.59 Å². The number of nitrogens with one attached hydrogen (secondary N) is 2. The van der Waals surface area contributed by atoms with Crippen LogP contribution in [0.3, 0.4) is 0 Å². The number of benzene rings is 1. The zero-order valence-electron chi connectivity index (χ0n) is 12.4. The maximum Gasteiger partial charge on any atom is 0.240 e. The molecular formula is C13H19N3O4S2. The molecule has 22 heavy (non-hydrogen) atoms. The van der Waals surface area contributed by atoms with Crippen molar-refractivity contribution in [2.75, 3.05) is 23.9 Å². The zero-order chi connectivity index (χ0) is 16.8. The van der Waals surface area contributed by atoms with Gasteiger partial charge in [-0.15, -0.1) is 0 Å². The number of primary amides is 1. The van der Waals surface area contributed by atoms with E-state index in [0.29, 0.717) is 17.0 Å². The van der Waals surface area contributed by atoms with Gasteiger partial charge in [-0.1, -0.05) is 6.07 Å². The van der Waals surface area contributed by atoms with Crippen molar-refractivity contribution in [3.8, 4) is 0 Å². The molecule has 0 aliphatic rings. The summed E-state index contributed by atoms with van der Waals surface area (Å²) in [6, 6.07) is 4.68. The van der Waals surface area contributed by atoms with Crippen molar-refractivity contribution in [3.05, 3.63) is 23.8 Å². The fraction of sp³-hybridized carbons (Fsp3) is 0.385. The van der Waals surface area contributed by atoms with E-state index in [2.05, 4.69) is 10.0 Å². The van der Waals surface area contributed by atoms with Crippen LogP contribution in [-0.2, 0) is 19.6 Å². The lowest BCUT2D eigenvalue weighted by atomic mass is 10.2. The number of sulfonamides is 1. The van der Waals surface area contributed by atoms with E-state index in [9.17, 15) is 18.0 Å². The SMILES string of the molecule is CNS(=O)(=O)c1cc(NC(=O)CCSCC(N)=O)ccc1C. The molecule has 122 valence electrons. The van der Waals surface area contributed by atoms with Gasteiger partial charge in [-0.25, -0.2) is 13.1 Å². The van der Waals surface area contributed by atoms with Crippen LogP contribution in [-0.4, -0.2) is 38.8 Å². The maximum absolute atomic E-state index is 11.9. The van der Waals surface area contributed by atoms with Crippen LogP contribution in [0.25, 0.3) is 0 Å². The normalized spacial score (nSPS) is 11.2. The summed E-state index contributed by atoms with van der Waals surface area (Å²) < 4.78 is 26.0. The van der Waals surface area contributed by atoms with Gasteiger partial charge in [0.15, 0.2) is 0 Å².